The molecule has 1 fully saturated rings. The minimum absolute atomic E-state index is 0.0181. The van der Waals surface area contributed by atoms with E-state index < -0.39 is 44.0 Å². The molecule has 3 aromatic rings. The third-order valence-electron chi connectivity index (χ3n) is 7.82. The molecule has 0 aromatic heterocycles. The lowest BCUT2D eigenvalue weighted by Crippen LogP contribution is -2.48. The zero-order valence-electron chi connectivity index (χ0n) is 28.8. The van der Waals surface area contributed by atoms with Crippen LogP contribution in [-0.2, 0) is 24.8 Å². The first-order chi connectivity index (χ1) is 25.1. The summed E-state index contributed by atoms with van der Waals surface area (Å²) in [6.45, 7) is 1.36. The molecule has 2 amide bonds. The monoisotopic (exact) mass is 840 g/mol. The molecule has 3 aromatic carbocycles. The molecule has 54 heavy (non-hydrogen) atoms. The molecule has 1 heterocycles. The van der Waals surface area contributed by atoms with Gasteiger partial charge in [0.2, 0.25) is 20.0 Å². The number of anilines is 3. The second kappa shape index (κ2) is 18.4. The first-order valence-electron chi connectivity index (χ1n) is 15.7. The molecule has 0 unspecified atom stereocenters. The van der Waals surface area contributed by atoms with E-state index in [1.165, 1.54) is 58.7 Å². The van der Waals surface area contributed by atoms with E-state index in [0.717, 1.165) is 16.2 Å². The Hall–Kier alpha value is -4.18. The third kappa shape index (κ3) is 11.7. The molecule has 0 radical (unpaired) electrons. The number of aliphatic carboxylic acids is 1. The van der Waals surface area contributed by atoms with Crippen LogP contribution in [0.4, 0.5) is 30.2 Å². The van der Waals surface area contributed by atoms with Crippen LogP contribution in [0.15, 0.2) is 65.6 Å². The lowest BCUT2D eigenvalue weighted by atomic mass is 10.1. The molecule has 22 heteroatoms. The Balaban J connectivity index is 0.00000102. The highest BCUT2D eigenvalue weighted by molar-refractivity contribution is 7.92. The van der Waals surface area contributed by atoms with E-state index in [9.17, 15) is 44.7 Å². The van der Waals surface area contributed by atoms with E-state index in [0.29, 0.717) is 23.1 Å². The van der Waals surface area contributed by atoms with Gasteiger partial charge in [0.05, 0.1) is 29.0 Å². The van der Waals surface area contributed by atoms with Crippen molar-refractivity contribution in [2.75, 3.05) is 80.2 Å². The fourth-order valence-electron chi connectivity index (χ4n) is 5.04. The zero-order valence-corrected chi connectivity index (χ0v) is 31.9. The molecule has 0 atom stereocenters. The number of nitrogens with one attached hydrogen (secondary N) is 1. The molecule has 15 nitrogen and oxygen atoms in total. The van der Waals surface area contributed by atoms with Crippen LogP contribution in [0.1, 0.15) is 20.7 Å². The van der Waals surface area contributed by atoms with Crippen molar-refractivity contribution < 1.29 is 54.6 Å². The Morgan fingerprint density at radius 1 is 0.907 bits per heavy atom. The van der Waals surface area contributed by atoms with Gasteiger partial charge in [-0.15, -0.1) is 0 Å². The number of halogens is 5. The lowest BCUT2D eigenvalue weighted by molar-refractivity contribution is -0.192. The second-order valence-electron chi connectivity index (χ2n) is 11.6. The number of aliphatic hydroxyl groups excluding tert-OH is 1. The maximum Gasteiger partial charge on any atom is 0.490 e. The average Bonchev–Trinajstić information content (AvgIpc) is 3.10. The summed E-state index contributed by atoms with van der Waals surface area (Å²) in [5, 5.41) is 20.1. The summed E-state index contributed by atoms with van der Waals surface area (Å²) in [6, 6.07) is 14.8. The van der Waals surface area contributed by atoms with Gasteiger partial charge in [0, 0.05) is 79.8 Å². The standard InChI is InChI=1S/C30H36Cl2N6O7S2.C2HF3O2/c1-35(46(2,42)43)28-8-3-21(30(41)37(10-9-33)15-16-39)17-27(28)29(40)34-24-4-6-26(7-5-24)47(44,45)38-13-11-36(12-14-38)25-19-22(31)18-23(32)20-25;3-2(4,5)1(6)7/h3-8,17-20,39H,9-16,33H2,1-2H3,(H,34,40);(H,6,7). The SMILES string of the molecule is CN(c1ccc(C(=O)N(CCN)CCO)cc1C(=O)Nc1ccc(S(=O)(=O)N2CCN(c3cc(Cl)cc(Cl)c3)CC2)cc1)S(C)(=O)=O.O=C(O)C(F)(F)F. The Morgan fingerprint density at radius 2 is 1.46 bits per heavy atom. The molecule has 0 bridgehead atoms. The van der Waals surface area contributed by atoms with Crippen molar-refractivity contribution in [3.05, 3.63) is 81.8 Å². The van der Waals surface area contributed by atoms with Crippen LogP contribution in [-0.4, -0.2) is 126 Å². The highest BCUT2D eigenvalue weighted by Crippen LogP contribution is 2.29. The molecule has 0 spiro atoms. The number of hydrogen-bond acceptors (Lipinski definition) is 10. The van der Waals surface area contributed by atoms with Crippen LogP contribution in [0.5, 0.6) is 0 Å². The number of alkyl halides is 3. The number of hydrogen-bond donors (Lipinski definition) is 4. The van der Waals surface area contributed by atoms with Gasteiger partial charge in [0.15, 0.2) is 0 Å². The summed E-state index contributed by atoms with van der Waals surface area (Å²) in [6.07, 6.45) is -4.11. The fraction of sp³-hybridized carbons (Fsp3) is 0.344. The minimum Gasteiger partial charge on any atom is -0.475 e. The average molecular weight is 842 g/mol. The molecule has 4 rings (SSSR count). The topological polar surface area (TPSA) is 211 Å². The number of nitrogens with two attached hydrogens (primary N) is 1. The number of sulfonamides is 2. The van der Waals surface area contributed by atoms with Crippen LogP contribution >= 0.6 is 23.2 Å². The van der Waals surface area contributed by atoms with Crippen LogP contribution in [0.2, 0.25) is 10.0 Å². The highest BCUT2D eigenvalue weighted by atomic mass is 35.5. The predicted octanol–water partition coefficient (Wildman–Crippen LogP) is 3.18. The molecule has 0 aliphatic carbocycles. The summed E-state index contributed by atoms with van der Waals surface area (Å²) in [4.78, 5) is 38.9. The number of piperazine rings is 1. The van der Waals surface area contributed by atoms with E-state index in [1.807, 2.05) is 4.90 Å². The van der Waals surface area contributed by atoms with Crippen molar-refractivity contribution in [2.45, 2.75) is 11.1 Å². The van der Waals surface area contributed by atoms with Gasteiger partial charge in [-0.3, -0.25) is 13.9 Å². The van der Waals surface area contributed by atoms with Gasteiger partial charge in [-0.1, -0.05) is 23.2 Å². The third-order valence-corrected chi connectivity index (χ3v) is 11.4. The number of benzene rings is 3. The number of carbonyl (C=O) groups is 3. The summed E-state index contributed by atoms with van der Waals surface area (Å²) in [7, 11) is -6.36. The van der Waals surface area contributed by atoms with Crippen LogP contribution in [0.25, 0.3) is 0 Å². The molecular weight excluding hydrogens is 804 g/mol. The van der Waals surface area contributed by atoms with Gasteiger partial charge >= 0.3 is 12.1 Å². The van der Waals surface area contributed by atoms with Gasteiger partial charge < -0.3 is 31.1 Å². The van der Waals surface area contributed by atoms with Crippen molar-refractivity contribution in [2.24, 2.45) is 5.73 Å². The van der Waals surface area contributed by atoms with Gasteiger partial charge in [-0.05, 0) is 60.7 Å². The largest absolute Gasteiger partial charge is 0.490 e. The number of rotatable bonds is 12. The quantitative estimate of drug-likeness (QED) is 0.208. The van der Waals surface area contributed by atoms with Crippen molar-refractivity contribution in [1.82, 2.24) is 9.21 Å². The summed E-state index contributed by atoms with van der Waals surface area (Å²) in [5.41, 5.74) is 6.64. The number of carboxylic acid groups (broad SMARTS) is 1. The van der Waals surface area contributed by atoms with Crippen molar-refractivity contribution in [1.29, 1.82) is 0 Å². The van der Waals surface area contributed by atoms with E-state index in [4.69, 9.17) is 38.8 Å². The Labute approximate surface area is 319 Å². The van der Waals surface area contributed by atoms with E-state index in [-0.39, 0.29) is 66.7 Å². The molecule has 5 N–H and O–H groups in total. The van der Waals surface area contributed by atoms with Gasteiger partial charge in [0.1, 0.15) is 0 Å². The zero-order chi connectivity index (χ0) is 40.6. The summed E-state index contributed by atoms with van der Waals surface area (Å²) >= 11 is 12.2. The first-order valence-corrected chi connectivity index (χ1v) is 19.8. The maximum absolute atomic E-state index is 13.5. The summed E-state index contributed by atoms with van der Waals surface area (Å²) < 4.78 is 85.5. The van der Waals surface area contributed by atoms with E-state index in [2.05, 4.69) is 5.32 Å². The normalized spacial score (nSPS) is 13.8. The van der Waals surface area contributed by atoms with Crippen LogP contribution < -0.4 is 20.3 Å². The van der Waals surface area contributed by atoms with Crippen molar-refractivity contribution in [3.8, 4) is 0 Å². The van der Waals surface area contributed by atoms with Gasteiger partial charge in [0.25, 0.3) is 11.8 Å². The Bertz CT molecular complexity index is 2020. The van der Waals surface area contributed by atoms with Crippen LogP contribution in [0, 0.1) is 0 Å². The lowest BCUT2D eigenvalue weighted by Gasteiger charge is -2.35. The number of nitrogens with zero attached hydrogens (tertiary/aromatic N) is 4. The maximum atomic E-state index is 13.5. The predicted molar refractivity (Wildman–Crippen MR) is 197 cm³/mol. The minimum atomic E-state index is -5.08. The highest BCUT2D eigenvalue weighted by Gasteiger charge is 2.38. The molecular formula is C32H37Cl2F3N6O9S2. The van der Waals surface area contributed by atoms with Crippen molar-refractivity contribution >= 4 is 78.1 Å². The van der Waals surface area contributed by atoms with E-state index in [1.54, 1.807) is 18.2 Å². The van der Waals surface area contributed by atoms with Gasteiger partial charge in [-0.2, -0.15) is 17.5 Å². The number of aliphatic hydroxyl groups is 1. The second-order valence-corrected chi connectivity index (χ2v) is 16.4. The molecule has 0 saturated carbocycles. The smallest absolute Gasteiger partial charge is 0.475 e. The van der Waals surface area contributed by atoms with Crippen molar-refractivity contribution in [3.63, 3.8) is 0 Å². The van der Waals surface area contributed by atoms with E-state index >= 15 is 0 Å². The van der Waals surface area contributed by atoms with Crippen LogP contribution in [0.3, 0.4) is 0 Å². The fourth-order valence-corrected chi connectivity index (χ4v) is 7.50. The molecule has 1 aliphatic heterocycles. The molecule has 1 aliphatic rings. The molecule has 296 valence electrons. The number of carbonyl (C=O) groups excluding carboxylic acids is 2. The Kier molecular flexibility index (Phi) is 15.1. The number of amides is 2. The first kappa shape index (κ1) is 44.2. The molecule has 1 saturated heterocycles. The number of carboxylic acids is 1. The Morgan fingerprint density at radius 3 is 1.94 bits per heavy atom. The summed E-state index contributed by atoms with van der Waals surface area (Å²) in [5.74, 6) is -3.99. The van der Waals surface area contributed by atoms with Gasteiger partial charge in [-0.25, -0.2) is 21.6 Å².